The van der Waals surface area contributed by atoms with Crippen molar-refractivity contribution in [2.45, 2.75) is 45.2 Å². The molecule has 1 aliphatic carbocycles. The van der Waals surface area contributed by atoms with E-state index in [0.717, 1.165) is 16.7 Å². The summed E-state index contributed by atoms with van der Waals surface area (Å²) in [6.45, 7) is 6.31. The van der Waals surface area contributed by atoms with Crippen LogP contribution < -0.4 is 0 Å². The predicted octanol–water partition coefficient (Wildman–Crippen LogP) is 2.76. The monoisotopic (exact) mass is 297 g/mol. The van der Waals surface area contributed by atoms with Crippen molar-refractivity contribution in [1.29, 1.82) is 0 Å². The van der Waals surface area contributed by atoms with E-state index in [0.29, 0.717) is 31.4 Å². The summed E-state index contributed by atoms with van der Waals surface area (Å²) in [4.78, 5) is 38.2. The molecule has 1 aromatic carbocycles. The third-order valence-corrected chi connectivity index (χ3v) is 4.51. The summed E-state index contributed by atoms with van der Waals surface area (Å²) in [6, 6.07) is 5.14. The Morgan fingerprint density at radius 1 is 1.27 bits per heavy atom. The molecule has 0 aromatic heterocycles. The van der Waals surface area contributed by atoms with Gasteiger partial charge in [-0.3, -0.25) is 14.4 Å². The van der Waals surface area contributed by atoms with Crippen LogP contribution in [0.5, 0.6) is 0 Å². The van der Waals surface area contributed by atoms with Crippen molar-refractivity contribution in [2.75, 3.05) is 0 Å². The molecule has 1 aromatic rings. The number of benzene rings is 1. The summed E-state index contributed by atoms with van der Waals surface area (Å²) in [5.41, 5.74) is 3.49. The fourth-order valence-corrected chi connectivity index (χ4v) is 3.39. The van der Waals surface area contributed by atoms with Crippen LogP contribution in [0.4, 0.5) is 0 Å². The first kappa shape index (κ1) is 14.7. The Kier molecular flexibility index (Phi) is 3.69. The number of amides is 1. The maximum Gasteiger partial charge on any atom is 0.255 e. The molecule has 0 radical (unpaired) electrons. The Morgan fingerprint density at radius 2 is 2.05 bits per heavy atom. The van der Waals surface area contributed by atoms with Crippen molar-refractivity contribution in [1.82, 2.24) is 4.90 Å². The van der Waals surface area contributed by atoms with Gasteiger partial charge < -0.3 is 4.90 Å². The summed E-state index contributed by atoms with van der Waals surface area (Å²) in [5, 5.41) is 0. The van der Waals surface area contributed by atoms with Crippen molar-refractivity contribution in [3.63, 3.8) is 0 Å². The quantitative estimate of drug-likeness (QED) is 0.623. The van der Waals surface area contributed by atoms with Gasteiger partial charge in [-0.25, -0.2) is 0 Å². The van der Waals surface area contributed by atoms with Crippen molar-refractivity contribution in [3.8, 4) is 0 Å². The lowest BCUT2D eigenvalue weighted by molar-refractivity contribution is -0.128. The van der Waals surface area contributed by atoms with Crippen molar-refractivity contribution in [3.05, 3.63) is 41.5 Å². The number of fused-ring (bicyclic) bond motifs is 1. The fraction of sp³-hybridized carbons (Fsp3) is 0.389. The molecule has 0 N–H and O–H groups in total. The average molecular weight is 297 g/mol. The zero-order valence-electron chi connectivity index (χ0n) is 12.7. The lowest BCUT2D eigenvalue weighted by Gasteiger charge is -2.25. The SMILES string of the molecule is C=C(C)c1cccc2c1CN([C@H]1CCCC(=O)CC1=O)C2=O. The minimum Gasteiger partial charge on any atom is -0.324 e. The van der Waals surface area contributed by atoms with Crippen LogP contribution in [0.25, 0.3) is 5.57 Å². The number of allylic oxidation sites excluding steroid dienone is 1. The molecule has 114 valence electrons. The van der Waals surface area contributed by atoms with E-state index in [9.17, 15) is 14.4 Å². The highest BCUT2D eigenvalue weighted by Crippen LogP contribution is 2.32. The van der Waals surface area contributed by atoms with E-state index in [1.54, 1.807) is 11.0 Å². The van der Waals surface area contributed by atoms with Gasteiger partial charge in [0.15, 0.2) is 5.78 Å². The Labute approximate surface area is 129 Å². The largest absolute Gasteiger partial charge is 0.324 e. The molecule has 1 atom stereocenters. The Bertz CT molecular complexity index is 690. The second kappa shape index (κ2) is 5.52. The summed E-state index contributed by atoms with van der Waals surface area (Å²) in [5.74, 6) is -0.245. The van der Waals surface area contributed by atoms with E-state index in [1.165, 1.54) is 0 Å². The minimum absolute atomic E-state index is 0.0146. The number of carbonyl (C=O) groups is 3. The molecule has 1 aliphatic heterocycles. The molecular weight excluding hydrogens is 278 g/mol. The van der Waals surface area contributed by atoms with Gasteiger partial charge in [-0.05, 0) is 37.0 Å². The van der Waals surface area contributed by atoms with Crippen LogP contribution in [-0.2, 0) is 16.1 Å². The summed E-state index contributed by atoms with van der Waals surface area (Å²) < 4.78 is 0. The topological polar surface area (TPSA) is 54.5 Å². The molecule has 0 spiro atoms. The first-order valence-corrected chi connectivity index (χ1v) is 7.62. The normalized spacial score (nSPS) is 21.8. The standard InChI is InChI=1S/C18H19NO3/c1-11(2)13-6-4-7-14-15(13)10-19(18(14)22)16-8-3-5-12(20)9-17(16)21/h4,6-7,16H,1,3,5,8-10H2,2H3/t16-/m0/s1. The number of nitrogens with zero attached hydrogens (tertiary/aromatic N) is 1. The third-order valence-electron chi connectivity index (χ3n) is 4.51. The van der Waals surface area contributed by atoms with Gasteiger partial charge in [-0.15, -0.1) is 0 Å². The lowest BCUT2D eigenvalue weighted by Crippen LogP contribution is -2.41. The van der Waals surface area contributed by atoms with Crippen LogP contribution in [0.1, 0.15) is 54.1 Å². The molecule has 0 bridgehead atoms. The van der Waals surface area contributed by atoms with Gasteiger partial charge in [-0.2, -0.15) is 0 Å². The van der Waals surface area contributed by atoms with Gasteiger partial charge in [-0.1, -0.05) is 24.3 Å². The second-order valence-corrected chi connectivity index (χ2v) is 6.13. The maximum absolute atomic E-state index is 12.7. The first-order chi connectivity index (χ1) is 10.5. The Balaban J connectivity index is 1.93. The smallest absolute Gasteiger partial charge is 0.255 e. The Morgan fingerprint density at radius 3 is 2.77 bits per heavy atom. The maximum atomic E-state index is 12.7. The van der Waals surface area contributed by atoms with Crippen LogP contribution in [0.3, 0.4) is 0 Å². The van der Waals surface area contributed by atoms with Crippen molar-refractivity contribution in [2.24, 2.45) is 0 Å². The van der Waals surface area contributed by atoms with E-state index < -0.39 is 6.04 Å². The zero-order valence-corrected chi connectivity index (χ0v) is 12.7. The van der Waals surface area contributed by atoms with Crippen LogP contribution >= 0.6 is 0 Å². The minimum atomic E-state index is -0.468. The summed E-state index contributed by atoms with van der Waals surface area (Å²) in [7, 11) is 0. The molecule has 3 rings (SSSR count). The molecule has 1 fully saturated rings. The number of hydrogen-bond donors (Lipinski definition) is 0. The van der Waals surface area contributed by atoms with Gasteiger partial charge in [0, 0.05) is 18.5 Å². The molecular formula is C18H19NO3. The molecule has 1 heterocycles. The molecule has 0 unspecified atom stereocenters. The van der Waals surface area contributed by atoms with Crippen LogP contribution in [0, 0.1) is 0 Å². The Hall–Kier alpha value is -2.23. The molecule has 0 saturated heterocycles. The van der Waals surface area contributed by atoms with Crippen LogP contribution in [-0.4, -0.2) is 28.4 Å². The molecule has 2 aliphatic rings. The first-order valence-electron chi connectivity index (χ1n) is 7.62. The number of ketones is 2. The van der Waals surface area contributed by atoms with Gasteiger partial charge in [0.2, 0.25) is 0 Å². The molecule has 1 amide bonds. The van der Waals surface area contributed by atoms with E-state index in [1.807, 2.05) is 19.1 Å². The highest BCUT2D eigenvalue weighted by atomic mass is 16.2. The van der Waals surface area contributed by atoms with Crippen LogP contribution in [0.2, 0.25) is 0 Å². The van der Waals surface area contributed by atoms with Crippen molar-refractivity contribution >= 4 is 23.0 Å². The van der Waals surface area contributed by atoms with E-state index >= 15 is 0 Å². The average Bonchev–Trinajstić information content (AvgIpc) is 2.70. The van der Waals surface area contributed by atoms with Gasteiger partial charge in [0.1, 0.15) is 5.78 Å². The number of Topliss-reactive ketones (excluding diaryl/α,β-unsaturated/α-hetero) is 2. The van der Waals surface area contributed by atoms with Crippen LogP contribution in [0.15, 0.2) is 24.8 Å². The third kappa shape index (κ3) is 2.39. The van der Waals surface area contributed by atoms with Gasteiger partial charge >= 0.3 is 0 Å². The number of carbonyl (C=O) groups excluding carboxylic acids is 3. The highest BCUT2D eigenvalue weighted by Gasteiger charge is 2.38. The molecule has 4 nitrogen and oxygen atoms in total. The molecule has 4 heteroatoms. The summed E-state index contributed by atoms with van der Waals surface area (Å²) in [6.07, 6.45) is 1.64. The van der Waals surface area contributed by atoms with E-state index in [4.69, 9.17) is 0 Å². The summed E-state index contributed by atoms with van der Waals surface area (Å²) >= 11 is 0. The highest BCUT2D eigenvalue weighted by molar-refractivity contribution is 6.06. The van der Waals surface area contributed by atoms with E-state index in [-0.39, 0.29) is 23.9 Å². The zero-order chi connectivity index (χ0) is 15.9. The predicted molar refractivity (Wildman–Crippen MR) is 83.3 cm³/mol. The molecule has 1 saturated carbocycles. The van der Waals surface area contributed by atoms with Gasteiger partial charge in [0.25, 0.3) is 5.91 Å². The van der Waals surface area contributed by atoms with Crippen molar-refractivity contribution < 1.29 is 14.4 Å². The van der Waals surface area contributed by atoms with E-state index in [2.05, 4.69) is 6.58 Å². The van der Waals surface area contributed by atoms with Gasteiger partial charge in [0.05, 0.1) is 12.5 Å². The lowest BCUT2D eigenvalue weighted by atomic mass is 9.99. The number of rotatable bonds is 2. The fourth-order valence-electron chi connectivity index (χ4n) is 3.39. The number of hydrogen-bond acceptors (Lipinski definition) is 3. The second-order valence-electron chi connectivity index (χ2n) is 6.13. The molecule has 22 heavy (non-hydrogen) atoms.